The normalized spacial score (nSPS) is 10.5. The molecule has 0 amide bonds. The number of aliphatic carboxylic acids is 1. The summed E-state index contributed by atoms with van der Waals surface area (Å²) < 4.78 is 1.92. The summed E-state index contributed by atoms with van der Waals surface area (Å²) in [5.74, 6) is -0.828. The van der Waals surface area contributed by atoms with Crippen LogP contribution in [0.15, 0.2) is 46.7 Å². The van der Waals surface area contributed by atoms with Crippen molar-refractivity contribution in [2.24, 2.45) is 0 Å². The SMILES string of the molecule is CSc1ccccc1-n1ccnc1SCC(=O)O. The molecule has 1 aromatic heterocycles. The molecule has 1 N–H and O–H groups in total. The molecule has 2 aromatic rings. The van der Waals surface area contributed by atoms with E-state index in [1.807, 2.05) is 41.3 Å². The molecular formula is C12H12N2O2S2. The van der Waals surface area contributed by atoms with E-state index in [-0.39, 0.29) is 5.75 Å². The van der Waals surface area contributed by atoms with Gasteiger partial charge < -0.3 is 5.11 Å². The first-order valence-corrected chi connectivity index (χ1v) is 7.44. The Morgan fingerprint density at radius 2 is 2.22 bits per heavy atom. The topological polar surface area (TPSA) is 55.1 Å². The van der Waals surface area contributed by atoms with Crippen LogP contribution in [0.3, 0.4) is 0 Å². The molecule has 0 saturated carbocycles. The Morgan fingerprint density at radius 3 is 2.94 bits per heavy atom. The Bertz CT molecular complexity index is 555. The lowest BCUT2D eigenvalue weighted by Gasteiger charge is -2.10. The number of carboxylic acids is 1. The largest absolute Gasteiger partial charge is 0.481 e. The molecule has 0 saturated heterocycles. The third-order valence-corrected chi connectivity index (χ3v) is 4.01. The fourth-order valence-electron chi connectivity index (χ4n) is 1.53. The molecule has 18 heavy (non-hydrogen) atoms. The molecule has 0 atom stereocenters. The second kappa shape index (κ2) is 5.97. The number of para-hydroxylation sites is 1. The van der Waals surface area contributed by atoms with Gasteiger partial charge in [0.15, 0.2) is 5.16 Å². The second-order valence-electron chi connectivity index (χ2n) is 3.43. The van der Waals surface area contributed by atoms with Crippen molar-refractivity contribution in [3.63, 3.8) is 0 Å². The average Bonchev–Trinajstić information content (AvgIpc) is 2.84. The van der Waals surface area contributed by atoms with Crippen molar-refractivity contribution in [2.45, 2.75) is 10.1 Å². The lowest BCUT2D eigenvalue weighted by molar-refractivity contribution is -0.133. The quantitative estimate of drug-likeness (QED) is 0.853. The first-order chi connectivity index (χ1) is 8.72. The predicted octanol–water partition coefficient (Wildman–Crippen LogP) is 2.77. The van der Waals surface area contributed by atoms with Crippen molar-refractivity contribution >= 4 is 29.5 Å². The van der Waals surface area contributed by atoms with E-state index in [4.69, 9.17) is 5.11 Å². The third kappa shape index (κ3) is 2.88. The number of aromatic nitrogens is 2. The fourth-order valence-corrected chi connectivity index (χ4v) is 2.81. The molecular weight excluding hydrogens is 268 g/mol. The highest BCUT2D eigenvalue weighted by atomic mass is 32.2. The molecule has 0 unspecified atom stereocenters. The van der Waals surface area contributed by atoms with Crippen molar-refractivity contribution in [3.8, 4) is 5.69 Å². The van der Waals surface area contributed by atoms with Crippen molar-refractivity contribution in [1.82, 2.24) is 9.55 Å². The molecule has 94 valence electrons. The molecule has 1 aromatic carbocycles. The summed E-state index contributed by atoms with van der Waals surface area (Å²) in [6, 6.07) is 7.97. The van der Waals surface area contributed by atoms with E-state index in [1.165, 1.54) is 11.8 Å². The number of carbonyl (C=O) groups is 1. The van der Waals surface area contributed by atoms with Crippen molar-refractivity contribution in [3.05, 3.63) is 36.7 Å². The highest BCUT2D eigenvalue weighted by Gasteiger charge is 2.10. The number of rotatable bonds is 5. The lowest BCUT2D eigenvalue weighted by atomic mass is 10.3. The summed E-state index contributed by atoms with van der Waals surface area (Å²) in [5.41, 5.74) is 1.02. The van der Waals surface area contributed by atoms with Gasteiger partial charge in [-0.15, -0.1) is 11.8 Å². The van der Waals surface area contributed by atoms with E-state index in [1.54, 1.807) is 18.0 Å². The van der Waals surface area contributed by atoms with Crippen molar-refractivity contribution in [2.75, 3.05) is 12.0 Å². The highest BCUT2D eigenvalue weighted by molar-refractivity contribution is 7.99. The van der Waals surface area contributed by atoms with Gasteiger partial charge in [-0.3, -0.25) is 9.36 Å². The number of benzene rings is 1. The van der Waals surface area contributed by atoms with E-state index < -0.39 is 5.97 Å². The number of hydrogen-bond donors (Lipinski definition) is 1. The summed E-state index contributed by atoms with van der Waals surface area (Å²) in [6.45, 7) is 0. The van der Waals surface area contributed by atoms with Crippen LogP contribution in [0, 0.1) is 0 Å². The van der Waals surface area contributed by atoms with E-state index in [0.717, 1.165) is 10.6 Å². The molecule has 0 fully saturated rings. The van der Waals surface area contributed by atoms with E-state index in [9.17, 15) is 4.79 Å². The summed E-state index contributed by atoms with van der Waals surface area (Å²) in [7, 11) is 0. The van der Waals surface area contributed by atoms with Crippen LogP contribution in [0.5, 0.6) is 0 Å². The Morgan fingerprint density at radius 1 is 1.44 bits per heavy atom. The van der Waals surface area contributed by atoms with Crippen LogP contribution < -0.4 is 0 Å². The monoisotopic (exact) mass is 280 g/mol. The van der Waals surface area contributed by atoms with Gasteiger partial charge in [-0.2, -0.15) is 0 Å². The van der Waals surface area contributed by atoms with Gasteiger partial charge in [-0.25, -0.2) is 4.98 Å². The predicted molar refractivity (Wildman–Crippen MR) is 73.7 cm³/mol. The van der Waals surface area contributed by atoms with E-state index in [2.05, 4.69) is 4.98 Å². The van der Waals surface area contributed by atoms with Gasteiger partial charge in [0.1, 0.15) is 0 Å². The molecule has 0 aliphatic carbocycles. The molecule has 6 heteroatoms. The van der Waals surface area contributed by atoms with Crippen LogP contribution in [0.1, 0.15) is 0 Å². The molecule has 1 heterocycles. The van der Waals surface area contributed by atoms with Crippen molar-refractivity contribution in [1.29, 1.82) is 0 Å². The summed E-state index contributed by atoms with van der Waals surface area (Å²) >= 11 is 2.87. The number of imidazole rings is 1. The van der Waals surface area contributed by atoms with Gasteiger partial charge in [0, 0.05) is 17.3 Å². The minimum atomic E-state index is -0.840. The number of thioether (sulfide) groups is 2. The lowest BCUT2D eigenvalue weighted by Crippen LogP contribution is -2.02. The molecule has 0 radical (unpaired) electrons. The summed E-state index contributed by atoms with van der Waals surface area (Å²) in [6.07, 6.45) is 5.54. The Labute approximate surface area is 113 Å². The minimum absolute atomic E-state index is 0.0123. The zero-order valence-electron chi connectivity index (χ0n) is 9.74. The standard InChI is InChI=1S/C12H12N2O2S2/c1-17-10-5-3-2-4-9(10)14-7-6-13-12(14)18-8-11(15)16/h2-7H,8H2,1H3,(H,15,16). The number of hydrogen-bond acceptors (Lipinski definition) is 4. The van der Waals surface area contributed by atoms with Crippen LogP contribution in [0.4, 0.5) is 0 Å². The zero-order valence-corrected chi connectivity index (χ0v) is 11.4. The molecule has 2 rings (SSSR count). The Balaban J connectivity index is 2.33. The van der Waals surface area contributed by atoms with Crippen LogP contribution >= 0.6 is 23.5 Å². The van der Waals surface area contributed by atoms with Crippen LogP contribution in [0.25, 0.3) is 5.69 Å². The van der Waals surface area contributed by atoms with Crippen LogP contribution in [0.2, 0.25) is 0 Å². The maximum absolute atomic E-state index is 10.6. The minimum Gasteiger partial charge on any atom is -0.481 e. The van der Waals surface area contributed by atoms with Gasteiger partial charge in [0.05, 0.1) is 11.4 Å². The van der Waals surface area contributed by atoms with Gasteiger partial charge in [-0.1, -0.05) is 23.9 Å². The van der Waals surface area contributed by atoms with E-state index in [0.29, 0.717) is 5.16 Å². The number of nitrogens with zero attached hydrogens (tertiary/aromatic N) is 2. The highest BCUT2D eigenvalue weighted by Crippen LogP contribution is 2.27. The maximum atomic E-state index is 10.6. The first kappa shape index (κ1) is 13.0. The zero-order chi connectivity index (χ0) is 13.0. The molecule has 4 nitrogen and oxygen atoms in total. The molecule has 0 spiro atoms. The van der Waals surface area contributed by atoms with Gasteiger partial charge in [-0.05, 0) is 18.4 Å². The van der Waals surface area contributed by atoms with Crippen molar-refractivity contribution < 1.29 is 9.90 Å². The first-order valence-electron chi connectivity index (χ1n) is 5.23. The Kier molecular flexibility index (Phi) is 4.33. The van der Waals surface area contributed by atoms with Gasteiger partial charge >= 0.3 is 5.97 Å². The second-order valence-corrected chi connectivity index (χ2v) is 5.22. The summed E-state index contributed by atoms with van der Waals surface area (Å²) in [5, 5.41) is 9.41. The molecule has 0 bridgehead atoms. The van der Waals surface area contributed by atoms with Gasteiger partial charge in [0.25, 0.3) is 0 Å². The smallest absolute Gasteiger partial charge is 0.313 e. The maximum Gasteiger partial charge on any atom is 0.313 e. The summed E-state index contributed by atoms with van der Waals surface area (Å²) in [4.78, 5) is 15.9. The fraction of sp³-hybridized carbons (Fsp3) is 0.167. The molecule has 0 aliphatic heterocycles. The average molecular weight is 280 g/mol. The van der Waals surface area contributed by atoms with Crippen LogP contribution in [-0.4, -0.2) is 32.6 Å². The molecule has 0 aliphatic rings. The number of carboxylic acid groups (broad SMARTS) is 1. The Hall–Kier alpha value is -1.40. The third-order valence-electron chi connectivity index (χ3n) is 2.28. The van der Waals surface area contributed by atoms with E-state index >= 15 is 0 Å². The van der Waals surface area contributed by atoms with Crippen LogP contribution in [-0.2, 0) is 4.79 Å². The van der Waals surface area contributed by atoms with Gasteiger partial charge in [0.2, 0.25) is 0 Å².